The summed E-state index contributed by atoms with van der Waals surface area (Å²) in [5.74, 6) is 0.882. The van der Waals surface area contributed by atoms with E-state index >= 15 is 0 Å². The van der Waals surface area contributed by atoms with Crippen LogP contribution >= 0.6 is 11.6 Å². The van der Waals surface area contributed by atoms with E-state index in [-0.39, 0.29) is 17.7 Å². The standard InChI is InChI=1S/C15H13ClFNO2/c16-12-3-1-2-9(15(12)17)7-19-10-4-5-11-13(18)8-20-14(11)6-10/h1-6,13H,7-8,18H2. The van der Waals surface area contributed by atoms with Crippen LogP contribution in [0.15, 0.2) is 36.4 Å². The molecule has 0 aliphatic carbocycles. The van der Waals surface area contributed by atoms with Crippen molar-refractivity contribution in [1.29, 1.82) is 0 Å². The molecule has 0 saturated carbocycles. The lowest BCUT2D eigenvalue weighted by Gasteiger charge is -2.09. The SMILES string of the molecule is NC1COc2cc(OCc3cccc(Cl)c3F)ccc21. The molecule has 2 N–H and O–H groups in total. The number of benzene rings is 2. The Balaban J connectivity index is 1.74. The van der Waals surface area contributed by atoms with E-state index < -0.39 is 5.82 Å². The minimum Gasteiger partial charge on any atom is -0.491 e. The zero-order chi connectivity index (χ0) is 14.1. The highest BCUT2D eigenvalue weighted by Crippen LogP contribution is 2.34. The molecule has 0 radical (unpaired) electrons. The molecule has 0 amide bonds. The second kappa shape index (κ2) is 5.31. The first-order valence-electron chi connectivity index (χ1n) is 6.23. The highest BCUT2D eigenvalue weighted by atomic mass is 35.5. The predicted molar refractivity (Wildman–Crippen MR) is 74.6 cm³/mol. The van der Waals surface area contributed by atoms with E-state index in [0.717, 1.165) is 11.3 Å². The zero-order valence-electron chi connectivity index (χ0n) is 10.6. The first kappa shape index (κ1) is 13.2. The van der Waals surface area contributed by atoms with Gasteiger partial charge in [0.25, 0.3) is 0 Å². The minimum atomic E-state index is -0.450. The van der Waals surface area contributed by atoms with Crippen LogP contribution in [0, 0.1) is 5.82 Å². The lowest BCUT2D eigenvalue weighted by Crippen LogP contribution is -2.10. The van der Waals surface area contributed by atoms with Crippen molar-refractivity contribution in [2.24, 2.45) is 5.73 Å². The van der Waals surface area contributed by atoms with Gasteiger partial charge in [0.1, 0.15) is 30.5 Å². The van der Waals surface area contributed by atoms with E-state index in [9.17, 15) is 4.39 Å². The Bertz CT molecular complexity index is 648. The van der Waals surface area contributed by atoms with Crippen LogP contribution in [0.4, 0.5) is 4.39 Å². The van der Waals surface area contributed by atoms with E-state index in [1.165, 1.54) is 6.07 Å². The molecule has 104 valence electrons. The van der Waals surface area contributed by atoms with Gasteiger partial charge in [0, 0.05) is 17.2 Å². The first-order chi connectivity index (χ1) is 9.65. The number of hydrogen-bond donors (Lipinski definition) is 1. The third-order valence-corrected chi connectivity index (χ3v) is 3.52. The van der Waals surface area contributed by atoms with Crippen LogP contribution in [0.5, 0.6) is 11.5 Å². The molecule has 1 aliphatic rings. The Morgan fingerprint density at radius 1 is 1.35 bits per heavy atom. The molecule has 1 heterocycles. The number of rotatable bonds is 3. The maximum Gasteiger partial charge on any atom is 0.148 e. The van der Waals surface area contributed by atoms with Crippen LogP contribution in [0.1, 0.15) is 17.2 Å². The number of hydrogen-bond acceptors (Lipinski definition) is 3. The van der Waals surface area contributed by atoms with Gasteiger partial charge >= 0.3 is 0 Å². The minimum absolute atomic E-state index is 0.0920. The van der Waals surface area contributed by atoms with Crippen molar-refractivity contribution < 1.29 is 13.9 Å². The van der Waals surface area contributed by atoms with E-state index in [1.54, 1.807) is 24.3 Å². The summed E-state index contributed by atoms with van der Waals surface area (Å²) in [6, 6.07) is 10.2. The summed E-state index contributed by atoms with van der Waals surface area (Å²) < 4.78 is 24.7. The zero-order valence-corrected chi connectivity index (χ0v) is 11.4. The maximum atomic E-state index is 13.7. The van der Waals surface area contributed by atoms with Crippen molar-refractivity contribution >= 4 is 11.6 Å². The monoisotopic (exact) mass is 293 g/mol. The largest absolute Gasteiger partial charge is 0.491 e. The lowest BCUT2D eigenvalue weighted by molar-refractivity contribution is 0.295. The molecule has 0 spiro atoms. The van der Waals surface area contributed by atoms with Gasteiger partial charge in [-0.05, 0) is 18.2 Å². The molecule has 0 saturated heterocycles. The third-order valence-electron chi connectivity index (χ3n) is 3.23. The molecule has 1 aliphatic heterocycles. The fourth-order valence-corrected chi connectivity index (χ4v) is 2.32. The highest BCUT2D eigenvalue weighted by molar-refractivity contribution is 6.30. The topological polar surface area (TPSA) is 44.5 Å². The molecule has 0 fully saturated rings. The molecule has 20 heavy (non-hydrogen) atoms. The van der Waals surface area contributed by atoms with Crippen LogP contribution in [0.3, 0.4) is 0 Å². The molecular weight excluding hydrogens is 281 g/mol. The second-order valence-electron chi connectivity index (χ2n) is 4.62. The summed E-state index contributed by atoms with van der Waals surface area (Å²) >= 11 is 5.72. The Labute approximate surface area is 121 Å². The quantitative estimate of drug-likeness (QED) is 0.942. The Morgan fingerprint density at radius 3 is 3.05 bits per heavy atom. The average Bonchev–Trinajstić information content (AvgIpc) is 2.82. The Kier molecular flexibility index (Phi) is 3.51. The van der Waals surface area contributed by atoms with E-state index in [4.69, 9.17) is 26.8 Å². The molecule has 1 atom stereocenters. The predicted octanol–water partition coefficient (Wildman–Crippen LogP) is 3.45. The van der Waals surface area contributed by atoms with E-state index in [2.05, 4.69) is 0 Å². The van der Waals surface area contributed by atoms with Crippen LogP contribution in [-0.4, -0.2) is 6.61 Å². The van der Waals surface area contributed by atoms with E-state index in [0.29, 0.717) is 17.9 Å². The maximum absolute atomic E-state index is 13.7. The number of halogens is 2. The number of fused-ring (bicyclic) bond motifs is 1. The van der Waals surface area contributed by atoms with Gasteiger partial charge in [-0.1, -0.05) is 23.7 Å². The van der Waals surface area contributed by atoms with Crippen LogP contribution in [0.2, 0.25) is 5.02 Å². The van der Waals surface area contributed by atoms with Crippen molar-refractivity contribution in [3.8, 4) is 11.5 Å². The summed E-state index contributed by atoms with van der Waals surface area (Å²) in [6.45, 7) is 0.582. The second-order valence-corrected chi connectivity index (χ2v) is 5.03. The average molecular weight is 294 g/mol. The third kappa shape index (κ3) is 2.44. The molecule has 3 nitrogen and oxygen atoms in total. The van der Waals surface area contributed by atoms with Crippen molar-refractivity contribution in [3.05, 3.63) is 58.4 Å². The summed E-state index contributed by atoms with van der Waals surface area (Å²) in [6.07, 6.45) is 0. The first-order valence-corrected chi connectivity index (χ1v) is 6.61. The number of nitrogens with two attached hydrogens (primary N) is 1. The van der Waals surface area contributed by atoms with Crippen molar-refractivity contribution in [1.82, 2.24) is 0 Å². The molecule has 5 heteroatoms. The van der Waals surface area contributed by atoms with Gasteiger partial charge in [-0.25, -0.2) is 4.39 Å². The Morgan fingerprint density at radius 2 is 2.20 bits per heavy atom. The lowest BCUT2D eigenvalue weighted by atomic mass is 10.1. The van der Waals surface area contributed by atoms with E-state index in [1.807, 2.05) is 6.07 Å². The molecule has 3 rings (SSSR count). The van der Waals surface area contributed by atoms with Crippen LogP contribution in [-0.2, 0) is 6.61 Å². The normalized spacial score (nSPS) is 16.6. The summed E-state index contributed by atoms with van der Waals surface area (Å²) in [5, 5.41) is 0.0920. The number of ether oxygens (including phenoxy) is 2. The van der Waals surface area contributed by atoms with Crippen LogP contribution < -0.4 is 15.2 Å². The fraction of sp³-hybridized carbons (Fsp3) is 0.200. The summed E-state index contributed by atoms with van der Waals surface area (Å²) in [7, 11) is 0. The van der Waals surface area contributed by atoms with Gasteiger partial charge in [-0.3, -0.25) is 0 Å². The van der Waals surface area contributed by atoms with Crippen LogP contribution in [0.25, 0.3) is 0 Å². The molecule has 0 bridgehead atoms. The highest BCUT2D eigenvalue weighted by Gasteiger charge is 2.20. The van der Waals surface area contributed by atoms with Crippen molar-refractivity contribution in [2.75, 3.05) is 6.61 Å². The van der Waals surface area contributed by atoms with Gasteiger partial charge in [0.2, 0.25) is 0 Å². The Hall–Kier alpha value is -1.78. The molecule has 2 aromatic carbocycles. The molecular formula is C15H13ClFNO2. The van der Waals surface area contributed by atoms with Gasteiger partial charge in [-0.15, -0.1) is 0 Å². The van der Waals surface area contributed by atoms with Crippen molar-refractivity contribution in [3.63, 3.8) is 0 Å². The van der Waals surface area contributed by atoms with Gasteiger partial charge in [0.15, 0.2) is 0 Å². The van der Waals surface area contributed by atoms with Gasteiger partial charge in [0.05, 0.1) is 11.1 Å². The summed E-state index contributed by atoms with van der Waals surface area (Å²) in [4.78, 5) is 0. The molecule has 1 unspecified atom stereocenters. The van der Waals surface area contributed by atoms with Gasteiger partial charge < -0.3 is 15.2 Å². The van der Waals surface area contributed by atoms with Crippen molar-refractivity contribution in [2.45, 2.75) is 12.6 Å². The fourth-order valence-electron chi connectivity index (χ4n) is 2.13. The molecule has 0 aromatic heterocycles. The summed E-state index contributed by atoms with van der Waals surface area (Å²) in [5.41, 5.74) is 7.24. The van der Waals surface area contributed by atoms with Gasteiger partial charge in [-0.2, -0.15) is 0 Å². The smallest absolute Gasteiger partial charge is 0.148 e. The molecule has 2 aromatic rings.